The molecule has 1 aromatic rings. The van der Waals surface area contributed by atoms with Crippen LogP contribution in [0.5, 0.6) is 0 Å². The van der Waals surface area contributed by atoms with Gasteiger partial charge in [-0.05, 0) is 18.1 Å². The lowest BCUT2D eigenvalue weighted by molar-refractivity contribution is 0.0226. The molecule has 0 unspecified atom stereocenters. The standard InChI is InChI=1S/C14H20F2N2/c1-14(15,16)10-12-3-2-4-13(9-12)11-18-7-5-17-6-8-18/h2-4,9,17H,5-8,10-11H2,1H3. The maximum Gasteiger partial charge on any atom is 0.249 e. The minimum absolute atomic E-state index is 0.178. The molecule has 1 aliphatic rings. The molecule has 1 N–H and O–H groups in total. The molecular formula is C14H20F2N2. The molecule has 1 aliphatic heterocycles. The Hall–Kier alpha value is -1.00. The Labute approximate surface area is 107 Å². The van der Waals surface area contributed by atoms with E-state index >= 15 is 0 Å². The van der Waals surface area contributed by atoms with Gasteiger partial charge in [-0.1, -0.05) is 24.3 Å². The Bertz CT molecular complexity index is 382. The predicted octanol–water partition coefficient (Wildman–Crippen LogP) is 2.29. The first kappa shape index (κ1) is 13.4. The van der Waals surface area contributed by atoms with Gasteiger partial charge in [0, 0.05) is 39.1 Å². The quantitative estimate of drug-likeness (QED) is 0.887. The molecule has 100 valence electrons. The van der Waals surface area contributed by atoms with Gasteiger partial charge in [-0.15, -0.1) is 0 Å². The van der Waals surface area contributed by atoms with E-state index in [9.17, 15) is 8.78 Å². The Kier molecular flexibility index (Phi) is 4.30. The van der Waals surface area contributed by atoms with Gasteiger partial charge in [0.25, 0.3) is 0 Å². The van der Waals surface area contributed by atoms with E-state index in [1.165, 1.54) is 0 Å². The maximum atomic E-state index is 13.0. The highest BCUT2D eigenvalue weighted by Gasteiger charge is 2.21. The highest BCUT2D eigenvalue weighted by molar-refractivity contribution is 5.24. The highest BCUT2D eigenvalue weighted by Crippen LogP contribution is 2.20. The molecule has 0 aliphatic carbocycles. The minimum Gasteiger partial charge on any atom is -0.314 e. The summed E-state index contributed by atoms with van der Waals surface area (Å²) in [5, 5.41) is 3.30. The van der Waals surface area contributed by atoms with Crippen molar-refractivity contribution in [2.45, 2.75) is 25.8 Å². The van der Waals surface area contributed by atoms with E-state index < -0.39 is 5.92 Å². The van der Waals surface area contributed by atoms with Crippen molar-refractivity contribution < 1.29 is 8.78 Å². The third-order valence-electron chi connectivity index (χ3n) is 3.12. The molecule has 1 fully saturated rings. The Balaban J connectivity index is 1.98. The molecule has 18 heavy (non-hydrogen) atoms. The summed E-state index contributed by atoms with van der Waals surface area (Å²) in [5.41, 5.74) is 1.84. The zero-order valence-electron chi connectivity index (χ0n) is 10.8. The molecule has 4 heteroatoms. The lowest BCUT2D eigenvalue weighted by Crippen LogP contribution is -2.42. The van der Waals surface area contributed by atoms with Crippen molar-refractivity contribution in [2.75, 3.05) is 26.2 Å². The topological polar surface area (TPSA) is 15.3 Å². The average molecular weight is 254 g/mol. The molecule has 0 atom stereocenters. The number of nitrogens with zero attached hydrogens (tertiary/aromatic N) is 1. The minimum atomic E-state index is -2.63. The van der Waals surface area contributed by atoms with Crippen molar-refractivity contribution in [3.05, 3.63) is 35.4 Å². The molecule has 1 saturated heterocycles. The van der Waals surface area contributed by atoms with Crippen LogP contribution in [0.15, 0.2) is 24.3 Å². The van der Waals surface area contributed by atoms with E-state index in [1.54, 1.807) is 6.07 Å². The van der Waals surface area contributed by atoms with Gasteiger partial charge >= 0.3 is 0 Å². The highest BCUT2D eigenvalue weighted by atomic mass is 19.3. The van der Waals surface area contributed by atoms with Crippen molar-refractivity contribution in [2.24, 2.45) is 0 Å². The first-order valence-corrected chi connectivity index (χ1v) is 6.42. The van der Waals surface area contributed by atoms with Gasteiger partial charge in [0.05, 0.1) is 0 Å². The van der Waals surface area contributed by atoms with Gasteiger partial charge in [0.15, 0.2) is 0 Å². The fraction of sp³-hybridized carbons (Fsp3) is 0.571. The van der Waals surface area contributed by atoms with Crippen molar-refractivity contribution in [3.8, 4) is 0 Å². The van der Waals surface area contributed by atoms with Crippen molar-refractivity contribution in [1.82, 2.24) is 10.2 Å². The summed E-state index contributed by atoms with van der Waals surface area (Å²) >= 11 is 0. The molecule has 1 aromatic carbocycles. The van der Waals surface area contributed by atoms with Crippen molar-refractivity contribution >= 4 is 0 Å². The smallest absolute Gasteiger partial charge is 0.249 e. The second-order valence-electron chi connectivity index (χ2n) is 5.09. The zero-order chi connectivity index (χ0) is 13.0. The fourth-order valence-electron chi connectivity index (χ4n) is 2.32. The number of hydrogen-bond acceptors (Lipinski definition) is 2. The van der Waals surface area contributed by atoms with Crippen LogP contribution in [0.25, 0.3) is 0 Å². The Morgan fingerprint density at radius 2 is 1.89 bits per heavy atom. The molecule has 0 aromatic heterocycles. The van der Waals surface area contributed by atoms with E-state index in [1.807, 2.05) is 18.2 Å². The molecule has 0 amide bonds. The normalized spacial score (nSPS) is 17.9. The summed E-state index contributed by atoms with van der Waals surface area (Å²) in [6.45, 7) is 5.88. The van der Waals surface area contributed by atoms with Gasteiger partial charge in [0.1, 0.15) is 0 Å². The number of hydrogen-bond donors (Lipinski definition) is 1. The van der Waals surface area contributed by atoms with Crippen molar-refractivity contribution in [3.63, 3.8) is 0 Å². The van der Waals surface area contributed by atoms with Crippen LogP contribution in [0.4, 0.5) is 8.78 Å². The van der Waals surface area contributed by atoms with Crippen LogP contribution in [-0.2, 0) is 13.0 Å². The van der Waals surface area contributed by atoms with Crippen LogP contribution in [-0.4, -0.2) is 37.0 Å². The van der Waals surface area contributed by atoms with E-state index in [2.05, 4.69) is 10.2 Å². The summed E-state index contributed by atoms with van der Waals surface area (Å²) in [6.07, 6.45) is -0.178. The monoisotopic (exact) mass is 254 g/mol. The number of halogens is 2. The Morgan fingerprint density at radius 1 is 1.22 bits per heavy atom. The van der Waals surface area contributed by atoms with Gasteiger partial charge in [-0.3, -0.25) is 4.90 Å². The molecule has 1 heterocycles. The van der Waals surface area contributed by atoms with E-state index in [-0.39, 0.29) is 6.42 Å². The average Bonchev–Trinajstić information content (AvgIpc) is 2.28. The first-order chi connectivity index (χ1) is 8.53. The second-order valence-corrected chi connectivity index (χ2v) is 5.09. The number of rotatable bonds is 4. The molecule has 2 rings (SSSR count). The van der Waals surface area contributed by atoms with Crippen LogP contribution in [0.3, 0.4) is 0 Å². The van der Waals surface area contributed by atoms with Gasteiger partial charge in [-0.25, -0.2) is 8.78 Å². The number of benzene rings is 1. The third-order valence-corrected chi connectivity index (χ3v) is 3.12. The lowest BCUT2D eigenvalue weighted by atomic mass is 10.0. The molecule has 0 bridgehead atoms. The molecular weight excluding hydrogens is 234 g/mol. The van der Waals surface area contributed by atoms with E-state index in [0.717, 1.165) is 50.8 Å². The Morgan fingerprint density at radius 3 is 2.56 bits per heavy atom. The second kappa shape index (κ2) is 5.76. The summed E-state index contributed by atoms with van der Waals surface area (Å²) < 4.78 is 26.0. The lowest BCUT2D eigenvalue weighted by Gasteiger charge is -2.27. The van der Waals surface area contributed by atoms with Crippen LogP contribution in [0.2, 0.25) is 0 Å². The maximum absolute atomic E-state index is 13.0. The number of nitrogens with one attached hydrogen (secondary N) is 1. The fourth-order valence-corrected chi connectivity index (χ4v) is 2.32. The van der Waals surface area contributed by atoms with Crippen molar-refractivity contribution in [1.29, 1.82) is 0 Å². The largest absolute Gasteiger partial charge is 0.314 e. The van der Waals surface area contributed by atoms with Gasteiger partial charge in [0.2, 0.25) is 5.92 Å². The van der Waals surface area contributed by atoms with E-state index in [0.29, 0.717) is 0 Å². The van der Waals surface area contributed by atoms with Crippen LogP contribution >= 0.6 is 0 Å². The van der Waals surface area contributed by atoms with Gasteiger partial charge in [-0.2, -0.15) is 0 Å². The summed E-state index contributed by atoms with van der Waals surface area (Å²) in [6, 6.07) is 7.57. The number of piperazine rings is 1. The summed E-state index contributed by atoms with van der Waals surface area (Å²) in [5.74, 6) is -2.63. The summed E-state index contributed by atoms with van der Waals surface area (Å²) in [7, 11) is 0. The molecule has 0 spiro atoms. The van der Waals surface area contributed by atoms with E-state index in [4.69, 9.17) is 0 Å². The third kappa shape index (κ3) is 4.35. The molecule has 0 radical (unpaired) electrons. The number of alkyl halides is 2. The van der Waals surface area contributed by atoms with Crippen LogP contribution < -0.4 is 5.32 Å². The molecule has 2 nitrogen and oxygen atoms in total. The van der Waals surface area contributed by atoms with Crippen LogP contribution in [0.1, 0.15) is 18.1 Å². The van der Waals surface area contributed by atoms with Gasteiger partial charge < -0.3 is 5.32 Å². The SMILES string of the molecule is CC(F)(F)Cc1cccc(CN2CCNCC2)c1. The zero-order valence-corrected chi connectivity index (χ0v) is 10.8. The first-order valence-electron chi connectivity index (χ1n) is 6.42. The van der Waals surface area contributed by atoms with Crippen LogP contribution in [0, 0.1) is 0 Å². The molecule has 0 saturated carbocycles. The predicted molar refractivity (Wildman–Crippen MR) is 68.9 cm³/mol. The summed E-state index contributed by atoms with van der Waals surface area (Å²) in [4.78, 5) is 2.35.